The molecule has 1 saturated heterocycles. The molecule has 5 nitrogen and oxygen atoms in total. The zero-order valence-corrected chi connectivity index (χ0v) is 12.0. The van der Waals surface area contributed by atoms with E-state index in [9.17, 15) is 18.0 Å². The molecule has 1 aromatic rings. The fourth-order valence-corrected chi connectivity index (χ4v) is 2.30. The van der Waals surface area contributed by atoms with Crippen LogP contribution in [-0.4, -0.2) is 43.1 Å². The van der Waals surface area contributed by atoms with E-state index in [-0.39, 0.29) is 24.3 Å². The molecule has 0 spiro atoms. The van der Waals surface area contributed by atoms with Crippen molar-refractivity contribution in [3.8, 4) is 0 Å². The Balaban J connectivity index is 1.93. The number of halogens is 3. The van der Waals surface area contributed by atoms with E-state index in [1.54, 1.807) is 0 Å². The highest BCUT2D eigenvalue weighted by molar-refractivity contribution is 5.76. The standard InChI is InChI=1S/C14H19F3N4O/c15-11-8-13(17)12(16)6-9(11)5-10(18)7-14(22)21-4-3-19-1-2-20-21/h6,8,10,19-20H,1-5,7,18H2/t10-/m1/s1. The molecule has 0 bridgehead atoms. The number of hydrazine groups is 1. The van der Waals surface area contributed by atoms with Crippen molar-refractivity contribution in [3.05, 3.63) is 35.1 Å². The Labute approximate surface area is 126 Å². The molecular weight excluding hydrogens is 297 g/mol. The average molecular weight is 316 g/mol. The molecular formula is C14H19F3N4O. The lowest BCUT2D eigenvalue weighted by Gasteiger charge is -2.22. The van der Waals surface area contributed by atoms with Crippen LogP contribution < -0.4 is 16.5 Å². The minimum atomic E-state index is -1.24. The maximum Gasteiger partial charge on any atom is 0.238 e. The van der Waals surface area contributed by atoms with Crippen LogP contribution in [0, 0.1) is 17.5 Å². The second kappa shape index (κ2) is 7.57. The lowest BCUT2D eigenvalue weighted by molar-refractivity contribution is -0.134. The lowest BCUT2D eigenvalue weighted by atomic mass is 10.0. The summed E-state index contributed by atoms with van der Waals surface area (Å²) in [5, 5.41) is 4.60. The van der Waals surface area contributed by atoms with Gasteiger partial charge in [0.05, 0.1) is 0 Å². The lowest BCUT2D eigenvalue weighted by Crippen LogP contribution is -2.45. The van der Waals surface area contributed by atoms with Crippen molar-refractivity contribution in [2.45, 2.75) is 18.9 Å². The van der Waals surface area contributed by atoms with Crippen LogP contribution in [0.1, 0.15) is 12.0 Å². The number of nitrogens with zero attached hydrogens (tertiary/aromatic N) is 1. The van der Waals surface area contributed by atoms with E-state index in [1.807, 2.05) is 0 Å². The molecule has 1 aliphatic heterocycles. The third-order valence-electron chi connectivity index (χ3n) is 3.43. The summed E-state index contributed by atoms with van der Waals surface area (Å²) in [5.74, 6) is -3.44. The quantitative estimate of drug-likeness (QED) is 0.699. The maximum absolute atomic E-state index is 13.6. The first kappa shape index (κ1) is 16.7. The molecule has 1 fully saturated rings. The highest BCUT2D eigenvalue weighted by atomic mass is 19.2. The molecule has 0 unspecified atom stereocenters. The minimum Gasteiger partial charge on any atom is -0.327 e. The van der Waals surface area contributed by atoms with Crippen molar-refractivity contribution in [2.75, 3.05) is 26.2 Å². The molecule has 0 radical (unpaired) electrons. The number of hydrogen-bond acceptors (Lipinski definition) is 4. The Morgan fingerprint density at radius 1 is 1.18 bits per heavy atom. The van der Waals surface area contributed by atoms with Gasteiger partial charge in [0, 0.05) is 44.7 Å². The summed E-state index contributed by atoms with van der Waals surface area (Å²) in [6.07, 6.45) is -0.0493. The summed E-state index contributed by atoms with van der Waals surface area (Å²) in [6.45, 7) is 2.56. The third-order valence-corrected chi connectivity index (χ3v) is 3.43. The van der Waals surface area contributed by atoms with Crippen LogP contribution >= 0.6 is 0 Å². The molecule has 1 heterocycles. The van der Waals surface area contributed by atoms with Crippen molar-refractivity contribution >= 4 is 5.91 Å². The van der Waals surface area contributed by atoms with E-state index in [1.165, 1.54) is 5.01 Å². The number of carbonyl (C=O) groups excluding carboxylic acids is 1. The highest BCUT2D eigenvalue weighted by Gasteiger charge is 2.20. The van der Waals surface area contributed by atoms with Crippen LogP contribution in [-0.2, 0) is 11.2 Å². The molecule has 1 aliphatic rings. The summed E-state index contributed by atoms with van der Waals surface area (Å²) >= 11 is 0. The van der Waals surface area contributed by atoms with Gasteiger partial charge in [0.25, 0.3) is 0 Å². The van der Waals surface area contributed by atoms with Crippen LogP contribution in [0.25, 0.3) is 0 Å². The number of carbonyl (C=O) groups is 1. The predicted octanol–water partition coefficient (Wildman–Crippen LogP) is 0.300. The summed E-state index contributed by atoms with van der Waals surface area (Å²) in [6, 6.07) is 0.592. The van der Waals surface area contributed by atoms with Gasteiger partial charge in [0.2, 0.25) is 5.91 Å². The number of rotatable bonds is 4. The van der Waals surface area contributed by atoms with Gasteiger partial charge in [0.1, 0.15) is 5.82 Å². The predicted molar refractivity (Wildman–Crippen MR) is 75.2 cm³/mol. The fraction of sp³-hybridized carbons (Fsp3) is 0.500. The Bertz CT molecular complexity index is 533. The van der Waals surface area contributed by atoms with E-state index in [0.29, 0.717) is 25.7 Å². The minimum absolute atomic E-state index is 0.00850. The molecule has 0 saturated carbocycles. The molecule has 1 atom stereocenters. The molecule has 122 valence electrons. The molecule has 2 rings (SSSR count). The Morgan fingerprint density at radius 3 is 2.68 bits per heavy atom. The number of nitrogens with one attached hydrogen (secondary N) is 2. The van der Waals surface area contributed by atoms with E-state index < -0.39 is 23.5 Å². The maximum atomic E-state index is 13.6. The monoisotopic (exact) mass is 316 g/mol. The molecule has 1 aromatic carbocycles. The molecule has 0 aliphatic carbocycles. The summed E-state index contributed by atoms with van der Waals surface area (Å²) < 4.78 is 39.6. The highest BCUT2D eigenvalue weighted by Crippen LogP contribution is 2.16. The topological polar surface area (TPSA) is 70.4 Å². The van der Waals surface area contributed by atoms with Crippen LogP contribution in [0.5, 0.6) is 0 Å². The van der Waals surface area contributed by atoms with Gasteiger partial charge >= 0.3 is 0 Å². The van der Waals surface area contributed by atoms with E-state index in [0.717, 1.165) is 12.6 Å². The average Bonchev–Trinajstić information content (AvgIpc) is 2.73. The van der Waals surface area contributed by atoms with Gasteiger partial charge in [-0.3, -0.25) is 9.80 Å². The number of amides is 1. The number of hydrogen-bond donors (Lipinski definition) is 3. The SMILES string of the molecule is N[C@@H](CC(=O)N1CCNCCN1)Cc1cc(F)c(F)cc1F. The van der Waals surface area contributed by atoms with Crippen molar-refractivity contribution in [2.24, 2.45) is 5.73 Å². The Kier molecular flexibility index (Phi) is 5.76. The summed E-state index contributed by atoms with van der Waals surface area (Å²) in [4.78, 5) is 12.1. The van der Waals surface area contributed by atoms with Crippen LogP contribution in [0.2, 0.25) is 0 Å². The first-order valence-electron chi connectivity index (χ1n) is 7.11. The molecule has 0 aromatic heterocycles. The summed E-state index contributed by atoms with van der Waals surface area (Å²) in [5.41, 5.74) is 8.76. The van der Waals surface area contributed by atoms with Crippen molar-refractivity contribution < 1.29 is 18.0 Å². The molecule has 8 heteroatoms. The molecule has 4 N–H and O–H groups in total. The smallest absolute Gasteiger partial charge is 0.238 e. The van der Waals surface area contributed by atoms with Gasteiger partial charge in [-0.2, -0.15) is 0 Å². The molecule has 1 amide bonds. The number of benzene rings is 1. The van der Waals surface area contributed by atoms with Gasteiger partial charge < -0.3 is 11.1 Å². The van der Waals surface area contributed by atoms with Crippen molar-refractivity contribution in [3.63, 3.8) is 0 Å². The van der Waals surface area contributed by atoms with Gasteiger partial charge in [0.15, 0.2) is 11.6 Å². The van der Waals surface area contributed by atoms with Gasteiger partial charge in [-0.15, -0.1) is 0 Å². The second-order valence-corrected chi connectivity index (χ2v) is 5.23. The van der Waals surface area contributed by atoms with Crippen LogP contribution in [0.3, 0.4) is 0 Å². The Hall–Kier alpha value is -1.64. The molecule has 22 heavy (non-hydrogen) atoms. The normalized spacial score (nSPS) is 17.2. The Morgan fingerprint density at radius 2 is 1.91 bits per heavy atom. The zero-order chi connectivity index (χ0) is 16.1. The first-order chi connectivity index (χ1) is 10.5. The second-order valence-electron chi connectivity index (χ2n) is 5.23. The number of nitrogens with two attached hydrogens (primary N) is 1. The van der Waals surface area contributed by atoms with E-state index >= 15 is 0 Å². The van der Waals surface area contributed by atoms with Crippen molar-refractivity contribution in [1.82, 2.24) is 15.8 Å². The van der Waals surface area contributed by atoms with E-state index in [4.69, 9.17) is 5.73 Å². The summed E-state index contributed by atoms with van der Waals surface area (Å²) in [7, 11) is 0. The van der Waals surface area contributed by atoms with Crippen molar-refractivity contribution in [1.29, 1.82) is 0 Å². The van der Waals surface area contributed by atoms with Crippen LogP contribution in [0.4, 0.5) is 13.2 Å². The largest absolute Gasteiger partial charge is 0.327 e. The fourth-order valence-electron chi connectivity index (χ4n) is 2.30. The van der Waals surface area contributed by atoms with Crippen LogP contribution in [0.15, 0.2) is 12.1 Å². The third kappa shape index (κ3) is 4.43. The first-order valence-corrected chi connectivity index (χ1v) is 7.11. The van der Waals surface area contributed by atoms with Gasteiger partial charge in [-0.1, -0.05) is 0 Å². The van der Waals surface area contributed by atoms with Gasteiger partial charge in [-0.25, -0.2) is 18.6 Å². The van der Waals surface area contributed by atoms with Gasteiger partial charge in [-0.05, 0) is 18.1 Å². The van der Waals surface area contributed by atoms with E-state index in [2.05, 4.69) is 10.7 Å². The zero-order valence-electron chi connectivity index (χ0n) is 12.0.